The van der Waals surface area contributed by atoms with E-state index in [0.717, 1.165) is 64.6 Å². The summed E-state index contributed by atoms with van der Waals surface area (Å²) >= 11 is 0. The molecule has 0 aliphatic carbocycles. The van der Waals surface area contributed by atoms with Crippen molar-refractivity contribution in [2.75, 3.05) is 44.7 Å². The molecule has 1 saturated heterocycles. The molecular formula is C22H28N4O2. The molecular weight excluding hydrogens is 352 g/mol. The number of ether oxygens (including phenoxy) is 1. The lowest BCUT2D eigenvalue weighted by Crippen LogP contribution is -2.38. The molecule has 0 spiro atoms. The Labute approximate surface area is 166 Å². The minimum absolute atomic E-state index is 0.0633. The fourth-order valence-electron chi connectivity index (χ4n) is 3.93. The number of carbonyl (C=O) groups is 1. The second-order valence-corrected chi connectivity index (χ2v) is 7.52. The van der Waals surface area contributed by atoms with Gasteiger partial charge in [-0.25, -0.2) is 0 Å². The van der Waals surface area contributed by atoms with Gasteiger partial charge in [0.1, 0.15) is 0 Å². The lowest BCUT2D eigenvalue weighted by atomic mass is 9.99. The fourth-order valence-corrected chi connectivity index (χ4v) is 3.93. The molecule has 2 aliphatic rings. The van der Waals surface area contributed by atoms with E-state index in [-0.39, 0.29) is 5.91 Å². The number of hydrogen-bond acceptors (Lipinski definition) is 5. The summed E-state index contributed by atoms with van der Waals surface area (Å²) in [7, 11) is 0. The van der Waals surface area contributed by atoms with Crippen LogP contribution in [0.2, 0.25) is 0 Å². The van der Waals surface area contributed by atoms with Crippen LogP contribution in [-0.4, -0.2) is 60.1 Å². The lowest BCUT2D eigenvalue weighted by Gasteiger charge is -2.30. The van der Waals surface area contributed by atoms with Crippen molar-refractivity contribution in [1.29, 1.82) is 0 Å². The number of nitrogens with one attached hydrogen (secondary N) is 1. The third kappa shape index (κ3) is 4.95. The average molecular weight is 380 g/mol. The largest absolute Gasteiger partial charge is 0.379 e. The number of anilines is 1. The highest BCUT2D eigenvalue weighted by molar-refractivity contribution is 5.91. The van der Waals surface area contributed by atoms with E-state index < -0.39 is 0 Å². The molecule has 0 atom stereocenters. The van der Waals surface area contributed by atoms with Crippen LogP contribution >= 0.6 is 0 Å². The molecule has 0 saturated carbocycles. The zero-order chi connectivity index (χ0) is 19.2. The van der Waals surface area contributed by atoms with Crippen LogP contribution in [0.1, 0.15) is 23.1 Å². The molecule has 1 aromatic carbocycles. The minimum Gasteiger partial charge on any atom is -0.379 e. The van der Waals surface area contributed by atoms with E-state index in [4.69, 9.17) is 4.74 Å². The molecule has 28 heavy (non-hydrogen) atoms. The molecule has 2 aliphatic heterocycles. The molecule has 3 heterocycles. The first-order valence-electron chi connectivity index (χ1n) is 10.1. The van der Waals surface area contributed by atoms with Gasteiger partial charge in [-0.15, -0.1) is 0 Å². The molecule has 6 heteroatoms. The van der Waals surface area contributed by atoms with Crippen LogP contribution in [0.5, 0.6) is 0 Å². The van der Waals surface area contributed by atoms with Crippen LogP contribution in [0.25, 0.3) is 0 Å². The van der Waals surface area contributed by atoms with Crippen molar-refractivity contribution < 1.29 is 9.53 Å². The Kier molecular flexibility index (Phi) is 6.31. The third-order valence-electron chi connectivity index (χ3n) is 5.50. The third-order valence-corrected chi connectivity index (χ3v) is 5.50. The molecule has 148 valence electrons. The molecule has 6 nitrogen and oxygen atoms in total. The highest BCUT2D eigenvalue weighted by Crippen LogP contribution is 2.26. The number of pyridine rings is 1. The average Bonchev–Trinajstić information content (AvgIpc) is 2.74. The predicted octanol–water partition coefficient (Wildman–Crippen LogP) is 2.30. The van der Waals surface area contributed by atoms with Gasteiger partial charge in [0.15, 0.2) is 0 Å². The van der Waals surface area contributed by atoms with Gasteiger partial charge in [-0.2, -0.15) is 0 Å². The van der Waals surface area contributed by atoms with Crippen molar-refractivity contribution in [2.45, 2.75) is 25.9 Å². The first-order chi connectivity index (χ1) is 13.8. The zero-order valence-corrected chi connectivity index (χ0v) is 16.3. The zero-order valence-electron chi connectivity index (χ0n) is 16.3. The summed E-state index contributed by atoms with van der Waals surface area (Å²) in [5.41, 5.74) is 4.66. The standard InChI is InChI=1S/C22H28N4O2/c27-22(7-9-25-10-12-28-13-11-25)24-21-15-23-14-19-17-26(8-6-20(19)21)16-18-4-2-1-3-5-18/h1-5,14-15H,6-13,16-17H2,(H,24,27). The summed E-state index contributed by atoms with van der Waals surface area (Å²) in [4.78, 5) is 21.5. The van der Waals surface area contributed by atoms with Crippen LogP contribution < -0.4 is 5.32 Å². The van der Waals surface area contributed by atoms with Crippen LogP contribution in [0.15, 0.2) is 42.7 Å². The van der Waals surface area contributed by atoms with Gasteiger partial charge in [0.2, 0.25) is 5.91 Å². The molecule has 2 aromatic rings. The van der Waals surface area contributed by atoms with Crippen molar-refractivity contribution in [2.24, 2.45) is 0 Å². The van der Waals surface area contributed by atoms with Crippen LogP contribution in [-0.2, 0) is 29.0 Å². The number of hydrogen-bond donors (Lipinski definition) is 1. The lowest BCUT2D eigenvalue weighted by molar-refractivity contribution is -0.116. The Hall–Kier alpha value is -2.28. The minimum atomic E-state index is 0.0633. The van der Waals surface area contributed by atoms with Gasteiger partial charge in [-0.1, -0.05) is 30.3 Å². The first-order valence-corrected chi connectivity index (χ1v) is 10.1. The number of rotatable bonds is 6. The number of amides is 1. The summed E-state index contributed by atoms with van der Waals surface area (Å²) < 4.78 is 5.36. The Morgan fingerprint density at radius 3 is 2.71 bits per heavy atom. The van der Waals surface area contributed by atoms with Crippen molar-refractivity contribution in [3.63, 3.8) is 0 Å². The summed E-state index contributed by atoms with van der Waals surface area (Å²) in [6.07, 6.45) is 5.17. The van der Waals surface area contributed by atoms with E-state index >= 15 is 0 Å². The maximum Gasteiger partial charge on any atom is 0.225 e. The molecule has 1 fully saturated rings. The predicted molar refractivity (Wildman–Crippen MR) is 109 cm³/mol. The van der Waals surface area contributed by atoms with E-state index in [1.165, 1.54) is 16.7 Å². The van der Waals surface area contributed by atoms with E-state index in [1.807, 2.05) is 12.3 Å². The van der Waals surface area contributed by atoms with Gasteiger partial charge < -0.3 is 10.1 Å². The highest BCUT2D eigenvalue weighted by atomic mass is 16.5. The number of benzene rings is 1. The number of aromatic nitrogens is 1. The number of morpholine rings is 1. The van der Waals surface area contributed by atoms with Gasteiger partial charge in [-0.3, -0.25) is 19.6 Å². The fraction of sp³-hybridized carbons (Fsp3) is 0.455. The molecule has 0 bridgehead atoms. The van der Waals surface area contributed by atoms with Crippen LogP contribution in [0, 0.1) is 0 Å². The molecule has 1 N–H and O–H groups in total. The van der Waals surface area contributed by atoms with Gasteiger partial charge in [0, 0.05) is 51.9 Å². The molecule has 1 amide bonds. The Balaban J connectivity index is 1.34. The second kappa shape index (κ2) is 9.28. The van der Waals surface area contributed by atoms with E-state index in [0.29, 0.717) is 6.42 Å². The topological polar surface area (TPSA) is 57.7 Å². The Morgan fingerprint density at radius 2 is 1.89 bits per heavy atom. The molecule has 1 aromatic heterocycles. The van der Waals surface area contributed by atoms with Gasteiger partial charge in [0.25, 0.3) is 0 Å². The SMILES string of the molecule is O=C(CCN1CCOCC1)Nc1cncc2c1CCN(Cc1ccccc1)C2. The number of nitrogens with zero attached hydrogens (tertiary/aromatic N) is 3. The molecule has 0 unspecified atom stereocenters. The monoisotopic (exact) mass is 380 g/mol. The van der Waals surface area contributed by atoms with E-state index in [2.05, 4.69) is 44.4 Å². The quantitative estimate of drug-likeness (QED) is 0.833. The van der Waals surface area contributed by atoms with Gasteiger partial charge >= 0.3 is 0 Å². The second-order valence-electron chi connectivity index (χ2n) is 7.52. The molecule has 0 radical (unpaired) electrons. The van der Waals surface area contributed by atoms with Crippen molar-refractivity contribution in [3.05, 3.63) is 59.4 Å². The summed E-state index contributed by atoms with van der Waals surface area (Å²) in [5.74, 6) is 0.0633. The van der Waals surface area contributed by atoms with Crippen LogP contribution in [0.4, 0.5) is 5.69 Å². The summed E-state index contributed by atoms with van der Waals surface area (Å²) in [5, 5.41) is 3.10. The van der Waals surface area contributed by atoms with Gasteiger partial charge in [-0.05, 0) is 23.1 Å². The Bertz CT molecular complexity index is 790. The summed E-state index contributed by atoms with van der Waals surface area (Å²) in [6, 6.07) is 10.5. The smallest absolute Gasteiger partial charge is 0.225 e. The van der Waals surface area contributed by atoms with Crippen LogP contribution in [0.3, 0.4) is 0 Å². The van der Waals surface area contributed by atoms with Gasteiger partial charge in [0.05, 0.1) is 25.1 Å². The van der Waals surface area contributed by atoms with Crippen molar-refractivity contribution in [3.8, 4) is 0 Å². The highest BCUT2D eigenvalue weighted by Gasteiger charge is 2.20. The normalized spacial score (nSPS) is 17.9. The van der Waals surface area contributed by atoms with Crippen molar-refractivity contribution >= 4 is 11.6 Å². The van der Waals surface area contributed by atoms with E-state index in [9.17, 15) is 4.79 Å². The maximum absolute atomic E-state index is 12.4. The summed E-state index contributed by atoms with van der Waals surface area (Å²) in [6.45, 7) is 6.92. The number of carbonyl (C=O) groups excluding carboxylic acids is 1. The number of fused-ring (bicyclic) bond motifs is 1. The van der Waals surface area contributed by atoms with E-state index in [1.54, 1.807) is 6.20 Å². The maximum atomic E-state index is 12.4. The Morgan fingerprint density at radius 1 is 1.07 bits per heavy atom. The molecule has 4 rings (SSSR count). The van der Waals surface area contributed by atoms with Crippen molar-refractivity contribution in [1.82, 2.24) is 14.8 Å². The first kappa shape index (κ1) is 19.1.